The molecule has 1 aromatic carbocycles. The molecule has 0 aliphatic carbocycles. The fourth-order valence-electron chi connectivity index (χ4n) is 3.57. The SMILES string of the molecule is O=C1C[C@@H](N2CCN(c3ccccn3)CC2)C(=O)N1c1ccc(Cl)cc1. The van der Waals surface area contributed by atoms with Gasteiger partial charge in [0.1, 0.15) is 5.82 Å². The standard InChI is InChI=1S/C19H19ClN4O2/c20-14-4-6-15(7-5-14)24-18(25)13-16(19(24)26)22-9-11-23(12-10-22)17-3-1-2-8-21-17/h1-8,16H,9-13H2/t16-/m1/s1. The summed E-state index contributed by atoms with van der Waals surface area (Å²) >= 11 is 5.90. The molecule has 26 heavy (non-hydrogen) atoms. The number of rotatable bonds is 3. The van der Waals surface area contributed by atoms with Crippen molar-refractivity contribution in [1.29, 1.82) is 0 Å². The first kappa shape index (κ1) is 17.0. The zero-order valence-corrected chi connectivity index (χ0v) is 15.0. The molecular formula is C19H19ClN4O2. The van der Waals surface area contributed by atoms with Crippen molar-refractivity contribution in [2.24, 2.45) is 0 Å². The number of anilines is 2. The highest BCUT2D eigenvalue weighted by Gasteiger charge is 2.43. The van der Waals surface area contributed by atoms with E-state index in [1.165, 1.54) is 4.90 Å². The summed E-state index contributed by atoms with van der Waals surface area (Å²) < 4.78 is 0. The third kappa shape index (κ3) is 3.18. The molecule has 6 nitrogen and oxygen atoms in total. The molecule has 0 bridgehead atoms. The summed E-state index contributed by atoms with van der Waals surface area (Å²) in [7, 11) is 0. The molecule has 2 amide bonds. The molecule has 2 aromatic rings. The number of hydrogen-bond acceptors (Lipinski definition) is 5. The lowest BCUT2D eigenvalue weighted by molar-refractivity contribution is -0.123. The summed E-state index contributed by atoms with van der Waals surface area (Å²) in [6.45, 7) is 3.04. The van der Waals surface area contributed by atoms with E-state index in [0.29, 0.717) is 10.7 Å². The van der Waals surface area contributed by atoms with Crippen LogP contribution in [0.25, 0.3) is 0 Å². The Kier molecular flexibility index (Phi) is 4.61. The van der Waals surface area contributed by atoms with E-state index in [0.717, 1.165) is 32.0 Å². The van der Waals surface area contributed by atoms with Gasteiger partial charge in [-0.2, -0.15) is 0 Å². The molecule has 2 aliphatic rings. The van der Waals surface area contributed by atoms with Gasteiger partial charge in [-0.15, -0.1) is 0 Å². The van der Waals surface area contributed by atoms with Crippen molar-refractivity contribution in [2.75, 3.05) is 36.0 Å². The largest absolute Gasteiger partial charge is 0.354 e. The first-order chi connectivity index (χ1) is 12.6. The maximum absolute atomic E-state index is 12.9. The van der Waals surface area contributed by atoms with Crippen molar-refractivity contribution < 1.29 is 9.59 Å². The van der Waals surface area contributed by atoms with Gasteiger partial charge < -0.3 is 4.90 Å². The van der Waals surface area contributed by atoms with Gasteiger partial charge in [0.05, 0.1) is 18.2 Å². The van der Waals surface area contributed by atoms with Gasteiger partial charge in [-0.25, -0.2) is 9.88 Å². The highest BCUT2D eigenvalue weighted by molar-refractivity contribution is 6.30. The first-order valence-electron chi connectivity index (χ1n) is 8.66. The van der Waals surface area contributed by atoms with Crippen LogP contribution in [0.5, 0.6) is 0 Å². The molecule has 0 radical (unpaired) electrons. The Hall–Kier alpha value is -2.44. The van der Waals surface area contributed by atoms with Crippen LogP contribution in [-0.2, 0) is 9.59 Å². The average molecular weight is 371 g/mol. The van der Waals surface area contributed by atoms with Crippen LogP contribution in [0.3, 0.4) is 0 Å². The maximum Gasteiger partial charge on any atom is 0.251 e. The predicted octanol–water partition coefficient (Wildman–Crippen LogP) is 2.19. The zero-order valence-electron chi connectivity index (χ0n) is 14.2. The predicted molar refractivity (Wildman–Crippen MR) is 100 cm³/mol. The number of hydrogen-bond donors (Lipinski definition) is 0. The monoisotopic (exact) mass is 370 g/mol. The molecule has 4 rings (SSSR count). The lowest BCUT2D eigenvalue weighted by Gasteiger charge is -2.37. The van der Waals surface area contributed by atoms with E-state index in [1.54, 1.807) is 30.5 Å². The van der Waals surface area contributed by atoms with E-state index in [2.05, 4.69) is 14.8 Å². The second-order valence-electron chi connectivity index (χ2n) is 6.47. The van der Waals surface area contributed by atoms with E-state index in [4.69, 9.17) is 11.6 Å². The molecule has 1 aromatic heterocycles. The Balaban J connectivity index is 1.44. The molecule has 0 saturated carbocycles. The van der Waals surface area contributed by atoms with E-state index < -0.39 is 0 Å². The smallest absolute Gasteiger partial charge is 0.251 e. The quantitative estimate of drug-likeness (QED) is 0.775. The highest BCUT2D eigenvalue weighted by atomic mass is 35.5. The molecule has 1 atom stereocenters. The summed E-state index contributed by atoms with van der Waals surface area (Å²) in [4.78, 5) is 35.3. The van der Waals surface area contributed by atoms with Crippen molar-refractivity contribution in [2.45, 2.75) is 12.5 Å². The topological polar surface area (TPSA) is 56.8 Å². The Morgan fingerprint density at radius 1 is 0.962 bits per heavy atom. The van der Waals surface area contributed by atoms with Crippen LogP contribution in [0.15, 0.2) is 48.7 Å². The van der Waals surface area contributed by atoms with Crippen LogP contribution >= 0.6 is 11.6 Å². The zero-order chi connectivity index (χ0) is 18.1. The van der Waals surface area contributed by atoms with Crippen LogP contribution in [0.2, 0.25) is 5.02 Å². The molecule has 2 fully saturated rings. The normalized spacial score (nSPS) is 21.5. The van der Waals surface area contributed by atoms with Crippen LogP contribution in [-0.4, -0.2) is 53.9 Å². The van der Waals surface area contributed by atoms with Gasteiger partial charge in [0, 0.05) is 37.4 Å². The highest BCUT2D eigenvalue weighted by Crippen LogP contribution is 2.27. The van der Waals surface area contributed by atoms with E-state index >= 15 is 0 Å². The minimum Gasteiger partial charge on any atom is -0.354 e. The molecule has 0 N–H and O–H groups in total. The van der Waals surface area contributed by atoms with Gasteiger partial charge in [0.2, 0.25) is 5.91 Å². The summed E-state index contributed by atoms with van der Waals surface area (Å²) in [6.07, 6.45) is 2.01. The number of imide groups is 1. The van der Waals surface area contributed by atoms with Gasteiger partial charge in [-0.05, 0) is 36.4 Å². The van der Waals surface area contributed by atoms with Crippen molar-refractivity contribution in [3.63, 3.8) is 0 Å². The van der Waals surface area contributed by atoms with Crippen LogP contribution < -0.4 is 9.80 Å². The fourth-order valence-corrected chi connectivity index (χ4v) is 3.69. The number of piperazine rings is 1. The second kappa shape index (κ2) is 7.05. The number of carbonyl (C=O) groups is 2. The average Bonchev–Trinajstić information content (AvgIpc) is 2.98. The first-order valence-corrected chi connectivity index (χ1v) is 9.04. The summed E-state index contributed by atoms with van der Waals surface area (Å²) in [6, 6.07) is 12.3. The molecule has 3 heterocycles. The molecule has 0 spiro atoms. The number of amides is 2. The number of benzene rings is 1. The van der Waals surface area contributed by atoms with Crippen molar-refractivity contribution in [3.8, 4) is 0 Å². The third-order valence-corrected chi connectivity index (χ3v) is 5.19. The maximum atomic E-state index is 12.9. The molecular weight excluding hydrogens is 352 g/mol. The van der Waals surface area contributed by atoms with Gasteiger partial charge in [0.25, 0.3) is 5.91 Å². The Morgan fingerprint density at radius 2 is 1.69 bits per heavy atom. The summed E-state index contributed by atoms with van der Waals surface area (Å²) in [5.41, 5.74) is 0.582. The van der Waals surface area contributed by atoms with E-state index in [1.807, 2.05) is 18.2 Å². The molecule has 7 heteroatoms. The number of nitrogens with zero attached hydrogens (tertiary/aromatic N) is 4. The van der Waals surface area contributed by atoms with Crippen molar-refractivity contribution in [1.82, 2.24) is 9.88 Å². The van der Waals surface area contributed by atoms with Crippen LogP contribution in [0.1, 0.15) is 6.42 Å². The minimum atomic E-state index is -0.385. The summed E-state index contributed by atoms with van der Waals surface area (Å²) in [5, 5.41) is 0.579. The van der Waals surface area contributed by atoms with Gasteiger partial charge >= 0.3 is 0 Å². The van der Waals surface area contributed by atoms with Crippen molar-refractivity contribution in [3.05, 3.63) is 53.7 Å². The molecule has 2 aliphatic heterocycles. The molecule has 134 valence electrons. The van der Waals surface area contributed by atoms with Crippen LogP contribution in [0.4, 0.5) is 11.5 Å². The third-order valence-electron chi connectivity index (χ3n) is 4.94. The van der Waals surface area contributed by atoms with Gasteiger partial charge in [-0.1, -0.05) is 17.7 Å². The lowest BCUT2D eigenvalue weighted by atomic mass is 10.1. The second-order valence-corrected chi connectivity index (χ2v) is 6.91. The van der Waals surface area contributed by atoms with E-state index in [9.17, 15) is 9.59 Å². The Bertz CT molecular complexity index is 804. The fraction of sp³-hybridized carbons (Fsp3) is 0.316. The molecule has 0 unspecified atom stereocenters. The number of aromatic nitrogens is 1. The Morgan fingerprint density at radius 3 is 2.35 bits per heavy atom. The number of pyridine rings is 1. The van der Waals surface area contributed by atoms with Gasteiger partial charge in [-0.3, -0.25) is 14.5 Å². The van der Waals surface area contributed by atoms with Crippen LogP contribution in [0, 0.1) is 0 Å². The number of carbonyl (C=O) groups excluding carboxylic acids is 2. The number of halogens is 1. The lowest BCUT2D eigenvalue weighted by Crippen LogP contribution is -2.52. The van der Waals surface area contributed by atoms with Crippen molar-refractivity contribution >= 4 is 34.9 Å². The Labute approximate surface area is 157 Å². The summed E-state index contributed by atoms with van der Waals surface area (Å²) in [5.74, 6) is 0.641. The van der Waals surface area contributed by atoms with Gasteiger partial charge in [0.15, 0.2) is 0 Å². The molecule has 2 saturated heterocycles. The van der Waals surface area contributed by atoms with E-state index in [-0.39, 0.29) is 24.3 Å². The minimum absolute atomic E-state index is 0.149.